The van der Waals surface area contributed by atoms with Gasteiger partial charge in [-0.05, 0) is 25.7 Å². The van der Waals surface area contributed by atoms with Gasteiger partial charge in [0.15, 0.2) is 0 Å². The van der Waals surface area contributed by atoms with Crippen molar-refractivity contribution in [2.24, 2.45) is 5.41 Å². The van der Waals surface area contributed by atoms with Gasteiger partial charge in [0.2, 0.25) is 0 Å². The average Bonchev–Trinajstić information content (AvgIpc) is 2.00. The van der Waals surface area contributed by atoms with E-state index < -0.39 is 12.2 Å². The van der Waals surface area contributed by atoms with Crippen molar-refractivity contribution in [1.82, 2.24) is 0 Å². The predicted molar refractivity (Wildman–Crippen MR) is 55.7 cm³/mol. The molecule has 0 rings (SSSR count). The van der Waals surface area contributed by atoms with Crippen molar-refractivity contribution in [2.45, 2.75) is 59.4 Å². The van der Waals surface area contributed by atoms with E-state index in [0.29, 0.717) is 6.42 Å². The molecule has 82 valence electrons. The van der Waals surface area contributed by atoms with E-state index in [9.17, 15) is 5.11 Å². The molecule has 0 saturated carbocycles. The highest BCUT2D eigenvalue weighted by Crippen LogP contribution is 2.23. The lowest BCUT2D eigenvalue weighted by atomic mass is 9.89. The summed E-state index contributed by atoms with van der Waals surface area (Å²) >= 11 is 0. The van der Waals surface area contributed by atoms with Crippen LogP contribution in [0, 0.1) is 16.7 Å². The zero-order chi connectivity index (χ0) is 11.4. The average molecular weight is 199 g/mol. The molecule has 1 N–H and O–H groups in total. The summed E-state index contributed by atoms with van der Waals surface area (Å²) in [6.45, 7) is 9.63. The highest BCUT2D eigenvalue weighted by molar-refractivity contribution is 4.88. The lowest BCUT2D eigenvalue weighted by molar-refractivity contribution is -0.0519. The van der Waals surface area contributed by atoms with E-state index in [2.05, 4.69) is 26.8 Å². The van der Waals surface area contributed by atoms with Crippen LogP contribution in [0.2, 0.25) is 0 Å². The second kappa shape index (κ2) is 5.33. The van der Waals surface area contributed by atoms with E-state index in [4.69, 9.17) is 10.00 Å². The molecule has 3 atom stereocenters. The number of aliphatic hydroxyl groups is 1. The number of hydrogen-bond acceptors (Lipinski definition) is 3. The van der Waals surface area contributed by atoms with Gasteiger partial charge in [-0.25, -0.2) is 0 Å². The molecule has 14 heavy (non-hydrogen) atoms. The Hall–Kier alpha value is -0.590. The van der Waals surface area contributed by atoms with Crippen LogP contribution in [0.5, 0.6) is 0 Å². The molecule has 0 saturated heterocycles. The maximum absolute atomic E-state index is 9.23. The fraction of sp³-hybridized carbons (Fsp3) is 0.909. The van der Waals surface area contributed by atoms with Crippen LogP contribution in [0.1, 0.15) is 41.0 Å². The van der Waals surface area contributed by atoms with Gasteiger partial charge in [0.25, 0.3) is 0 Å². The third kappa shape index (κ3) is 5.95. The summed E-state index contributed by atoms with van der Waals surface area (Å²) < 4.78 is 5.43. The minimum Gasteiger partial charge on any atom is -0.391 e. The van der Waals surface area contributed by atoms with E-state index in [-0.39, 0.29) is 11.5 Å². The molecule has 0 aliphatic carbocycles. The molecule has 0 aliphatic heterocycles. The molecule has 3 heteroatoms. The summed E-state index contributed by atoms with van der Waals surface area (Å²) in [5, 5.41) is 18.1. The highest BCUT2D eigenvalue weighted by atomic mass is 16.5. The second-order valence-corrected chi connectivity index (χ2v) is 4.96. The topological polar surface area (TPSA) is 53.2 Å². The maximum atomic E-state index is 9.23. The first kappa shape index (κ1) is 13.4. The lowest BCUT2D eigenvalue weighted by Crippen LogP contribution is -2.30. The maximum Gasteiger partial charge on any atom is 0.144 e. The Bertz CT molecular complexity index is 200. The van der Waals surface area contributed by atoms with Gasteiger partial charge in [0.05, 0.1) is 18.3 Å². The first-order chi connectivity index (χ1) is 6.26. The SMILES string of the molecule is CC(O)C(C)OC(C#N)CC(C)(C)C. The molecule has 3 unspecified atom stereocenters. The molecule has 0 spiro atoms. The van der Waals surface area contributed by atoms with Crippen molar-refractivity contribution >= 4 is 0 Å². The molecule has 0 radical (unpaired) electrons. The number of nitriles is 1. The Morgan fingerprint density at radius 3 is 2.14 bits per heavy atom. The zero-order valence-electron chi connectivity index (χ0n) is 9.74. The smallest absolute Gasteiger partial charge is 0.144 e. The minimum atomic E-state index is -0.536. The van der Waals surface area contributed by atoms with Crippen LogP contribution in [0.4, 0.5) is 0 Å². The Morgan fingerprint density at radius 1 is 1.36 bits per heavy atom. The van der Waals surface area contributed by atoms with Crippen molar-refractivity contribution < 1.29 is 9.84 Å². The van der Waals surface area contributed by atoms with Gasteiger partial charge in [-0.15, -0.1) is 0 Å². The third-order valence-electron chi connectivity index (χ3n) is 2.00. The van der Waals surface area contributed by atoms with Gasteiger partial charge in [-0.2, -0.15) is 5.26 Å². The number of ether oxygens (including phenoxy) is 1. The van der Waals surface area contributed by atoms with Crippen molar-refractivity contribution in [3.8, 4) is 6.07 Å². The first-order valence-electron chi connectivity index (χ1n) is 4.99. The van der Waals surface area contributed by atoms with Crippen molar-refractivity contribution in [3.05, 3.63) is 0 Å². The van der Waals surface area contributed by atoms with Crippen LogP contribution in [-0.4, -0.2) is 23.4 Å². The molecule has 0 aromatic rings. The minimum absolute atomic E-state index is 0.0683. The van der Waals surface area contributed by atoms with E-state index in [1.807, 2.05) is 0 Å². The van der Waals surface area contributed by atoms with Crippen LogP contribution in [0.3, 0.4) is 0 Å². The standard InChI is InChI=1S/C11H21NO2/c1-8(13)9(2)14-10(7-12)6-11(3,4)5/h8-10,13H,6H2,1-5H3. The van der Waals surface area contributed by atoms with E-state index in [0.717, 1.165) is 0 Å². The molecule has 0 aromatic heterocycles. The Labute approximate surface area is 86.7 Å². The van der Waals surface area contributed by atoms with Gasteiger partial charge >= 0.3 is 0 Å². The first-order valence-corrected chi connectivity index (χ1v) is 4.99. The summed E-state index contributed by atoms with van der Waals surface area (Å²) in [6.07, 6.45) is -0.576. The molecule has 0 aliphatic rings. The van der Waals surface area contributed by atoms with E-state index >= 15 is 0 Å². The fourth-order valence-corrected chi connectivity index (χ4v) is 1.05. The zero-order valence-corrected chi connectivity index (χ0v) is 9.74. The normalized spacial score (nSPS) is 18.4. The second-order valence-electron chi connectivity index (χ2n) is 4.96. The molecule has 0 fully saturated rings. The summed E-state index contributed by atoms with van der Waals surface area (Å²) in [5.41, 5.74) is 0.0683. The fourth-order valence-electron chi connectivity index (χ4n) is 1.05. The highest BCUT2D eigenvalue weighted by Gasteiger charge is 2.22. The number of rotatable bonds is 4. The summed E-state index contributed by atoms with van der Waals surface area (Å²) in [5.74, 6) is 0. The van der Waals surface area contributed by atoms with Crippen LogP contribution < -0.4 is 0 Å². The van der Waals surface area contributed by atoms with Gasteiger partial charge in [-0.1, -0.05) is 20.8 Å². The van der Waals surface area contributed by atoms with Gasteiger partial charge < -0.3 is 9.84 Å². The predicted octanol–water partition coefficient (Wildman–Crippen LogP) is 2.10. The lowest BCUT2D eigenvalue weighted by Gasteiger charge is -2.25. The van der Waals surface area contributed by atoms with Crippen LogP contribution in [0.25, 0.3) is 0 Å². The van der Waals surface area contributed by atoms with E-state index in [1.165, 1.54) is 0 Å². The number of nitrogens with zero attached hydrogens (tertiary/aromatic N) is 1. The molecule has 0 heterocycles. The molecule has 3 nitrogen and oxygen atoms in total. The molecular formula is C11H21NO2. The number of aliphatic hydroxyl groups excluding tert-OH is 1. The quantitative estimate of drug-likeness (QED) is 0.754. The molecule has 0 aromatic carbocycles. The van der Waals surface area contributed by atoms with Crippen molar-refractivity contribution in [2.75, 3.05) is 0 Å². The number of hydrogen-bond donors (Lipinski definition) is 1. The van der Waals surface area contributed by atoms with Crippen molar-refractivity contribution in [1.29, 1.82) is 5.26 Å². The van der Waals surface area contributed by atoms with Gasteiger partial charge in [-0.3, -0.25) is 0 Å². The van der Waals surface area contributed by atoms with E-state index in [1.54, 1.807) is 13.8 Å². The monoisotopic (exact) mass is 199 g/mol. The van der Waals surface area contributed by atoms with Crippen LogP contribution in [0.15, 0.2) is 0 Å². The molecule has 0 bridgehead atoms. The Kier molecular flexibility index (Phi) is 5.11. The van der Waals surface area contributed by atoms with Gasteiger partial charge in [0.1, 0.15) is 6.10 Å². The molecular weight excluding hydrogens is 178 g/mol. The summed E-state index contributed by atoms with van der Waals surface area (Å²) in [6, 6.07) is 2.11. The van der Waals surface area contributed by atoms with Crippen LogP contribution >= 0.6 is 0 Å². The van der Waals surface area contributed by atoms with Gasteiger partial charge in [0, 0.05) is 0 Å². The van der Waals surface area contributed by atoms with Crippen LogP contribution in [-0.2, 0) is 4.74 Å². The largest absolute Gasteiger partial charge is 0.391 e. The Balaban J connectivity index is 4.12. The Morgan fingerprint density at radius 2 is 1.86 bits per heavy atom. The summed E-state index contributed by atoms with van der Waals surface area (Å²) in [7, 11) is 0. The molecule has 0 amide bonds. The summed E-state index contributed by atoms with van der Waals surface area (Å²) in [4.78, 5) is 0. The third-order valence-corrected chi connectivity index (χ3v) is 2.00. The van der Waals surface area contributed by atoms with Crippen molar-refractivity contribution in [3.63, 3.8) is 0 Å².